The second-order valence-corrected chi connectivity index (χ2v) is 6.61. The Balaban J connectivity index is 2.26. The van der Waals surface area contributed by atoms with Gasteiger partial charge in [0.2, 0.25) is 0 Å². The molecule has 27 heavy (non-hydrogen) atoms. The third kappa shape index (κ3) is 5.05. The van der Waals surface area contributed by atoms with Gasteiger partial charge in [-0.25, -0.2) is 4.79 Å². The van der Waals surface area contributed by atoms with E-state index in [0.29, 0.717) is 5.56 Å². The first-order valence-electron chi connectivity index (χ1n) is 7.93. The summed E-state index contributed by atoms with van der Waals surface area (Å²) in [4.78, 5) is 37.0. The van der Waals surface area contributed by atoms with Gasteiger partial charge in [-0.2, -0.15) is 0 Å². The molecule has 1 fully saturated rings. The molecule has 0 aliphatic carbocycles. The molecule has 7 nitrogen and oxygen atoms in total. The molecule has 0 spiro atoms. The van der Waals surface area contributed by atoms with E-state index < -0.39 is 11.9 Å². The van der Waals surface area contributed by atoms with Gasteiger partial charge < -0.3 is 14.2 Å². The number of hydrogen-bond donors (Lipinski definition) is 0. The third-order valence-electron chi connectivity index (χ3n) is 3.37. The lowest BCUT2D eigenvalue weighted by atomic mass is 10.1. The number of carbonyl (C=O) groups excluding carboxylic acids is 3. The van der Waals surface area contributed by atoms with Crippen LogP contribution in [0.3, 0.4) is 0 Å². The predicted octanol–water partition coefficient (Wildman–Crippen LogP) is 3.51. The lowest BCUT2D eigenvalue weighted by Gasteiger charge is -2.13. The monoisotopic (exact) mass is 411 g/mol. The molecule has 1 aromatic carbocycles. The SMILES string of the molecule is C=CCN1C(=O)S/C(=C/c2cc(Cl)c(OCC(=O)OCC)c(OC)c2)C1=O. The van der Waals surface area contributed by atoms with Crippen molar-refractivity contribution in [3.8, 4) is 11.5 Å². The summed E-state index contributed by atoms with van der Waals surface area (Å²) >= 11 is 7.07. The van der Waals surface area contributed by atoms with Gasteiger partial charge in [0.25, 0.3) is 11.1 Å². The number of benzene rings is 1. The summed E-state index contributed by atoms with van der Waals surface area (Å²) in [5.41, 5.74) is 0.546. The highest BCUT2D eigenvalue weighted by Gasteiger charge is 2.34. The minimum Gasteiger partial charge on any atom is -0.493 e. The van der Waals surface area contributed by atoms with Crippen LogP contribution in [0.2, 0.25) is 5.02 Å². The van der Waals surface area contributed by atoms with Crippen LogP contribution in [0.25, 0.3) is 6.08 Å². The summed E-state index contributed by atoms with van der Waals surface area (Å²) in [6.07, 6.45) is 3.02. The number of carbonyl (C=O) groups is 3. The van der Waals surface area contributed by atoms with Crippen LogP contribution in [0.15, 0.2) is 29.7 Å². The summed E-state index contributed by atoms with van der Waals surface area (Å²) in [5.74, 6) is -0.467. The molecule has 0 unspecified atom stereocenters. The molecule has 0 saturated carbocycles. The number of esters is 1. The Labute approximate surface area is 165 Å². The van der Waals surface area contributed by atoms with Crippen LogP contribution in [0.4, 0.5) is 4.79 Å². The highest BCUT2D eigenvalue weighted by atomic mass is 35.5. The average Bonchev–Trinajstić information content (AvgIpc) is 2.88. The Morgan fingerprint density at radius 3 is 2.74 bits per heavy atom. The van der Waals surface area contributed by atoms with Gasteiger partial charge in [-0.05, 0) is 42.5 Å². The number of methoxy groups -OCH3 is 1. The first kappa shape index (κ1) is 20.9. The maximum absolute atomic E-state index is 12.3. The topological polar surface area (TPSA) is 82.1 Å². The third-order valence-corrected chi connectivity index (χ3v) is 4.56. The lowest BCUT2D eigenvalue weighted by Crippen LogP contribution is -2.27. The van der Waals surface area contributed by atoms with Crippen LogP contribution < -0.4 is 9.47 Å². The smallest absolute Gasteiger partial charge is 0.344 e. The maximum atomic E-state index is 12.3. The summed E-state index contributed by atoms with van der Waals surface area (Å²) in [6.45, 7) is 5.30. The van der Waals surface area contributed by atoms with Crippen LogP contribution in [-0.2, 0) is 14.3 Å². The van der Waals surface area contributed by atoms with Gasteiger partial charge in [0.1, 0.15) is 0 Å². The molecule has 0 bridgehead atoms. The van der Waals surface area contributed by atoms with Crippen molar-refractivity contribution >= 4 is 46.6 Å². The van der Waals surface area contributed by atoms with E-state index in [1.807, 2.05) is 0 Å². The molecule has 0 radical (unpaired) electrons. The quantitative estimate of drug-likeness (QED) is 0.367. The normalized spacial score (nSPS) is 15.2. The Bertz CT molecular complexity index is 807. The summed E-state index contributed by atoms with van der Waals surface area (Å²) in [6, 6.07) is 3.14. The lowest BCUT2D eigenvalue weighted by molar-refractivity contribution is -0.145. The van der Waals surface area contributed by atoms with Crippen LogP contribution in [0.5, 0.6) is 11.5 Å². The number of imide groups is 1. The van der Waals surface area contributed by atoms with Gasteiger partial charge in [0, 0.05) is 6.54 Å². The van der Waals surface area contributed by atoms with Crippen molar-refractivity contribution in [2.45, 2.75) is 6.92 Å². The van der Waals surface area contributed by atoms with Gasteiger partial charge in [-0.3, -0.25) is 14.5 Å². The summed E-state index contributed by atoms with van der Waals surface area (Å²) in [5, 5.41) is -0.172. The van der Waals surface area contributed by atoms with Crippen LogP contribution in [0.1, 0.15) is 12.5 Å². The van der Waals surface area contributed by atoms with Crippen molar-refractivity contribution in [3.63, 3.8) is 0 Å². The van der Waals surface area contributed by atoms with Gasteiger partial charge in [-0.1, -0.05) is 17.7 Å². The van der Waals surface area contributed by atoms with E-state index in [1.54, 1.807) is 19.1 Å². The molecule has 0 aromatic heterocycles. The Morgan fingerprint density at radius 2 is 2.11 bits per heavy atom. The molecule has 9 heteroatoms. The molecule has 144 valence electrons. The second kappa shape index (κ2) is 9.48. The number of ether oxygens (including phenoxy) is 3. The van der Waals surface area contributed by atoms with Crippen molar-refractivity contribution in [3.05, 3.63) is 40.3 Å². The highest BCUT2D eigenvalue weighted by Crippen LogP contribution is 2.38. The van der Waals surface area contributed by atoms with Crippen LogP contribution in [-0.4, -0.2) is 48.9 Å². The number of rotatable bonds is 8. The number of thioether (sulfide) groups is 1. The summed E-state index contributed by atoms with van der Waals surface area (Å²) in [7, 11) is 1.42. The number of hydrogen-bond acceptors (Lipinski definition) is 7. The zero-order valence-electron chi connectivity index (χ0n) is 14.8. The van der Waals surface area contributed by atoms with E-state index in [-0.39, 0.29) is 46.4 Å². The molecule has 1 aromatic rings. The Morgan fingerprint density at radius 1 is 1.37 bits per heavy atom. The first-order chi connectivity index (χ1) is 12.9. The zero-order chi connectivity index (χ0) is 20.0. The van der Waals surface area contributed by atoms with E-state index in [4.69, 9.17) is 25.8 Å². The van der Waals surface area contributed by atoms with Crippen molar-refractivity contribution < 1.29 is 28.6 Å². The Hall–Kier alpha value is -2.45. The van der Waals surface area contributed by atoms with Crippen LogP contribution >= 0.6 is 23.4 Å². The number of amides is 2. The molecule has 2 rings (SSSR count). The molecule has 2 amide bonds. The van der Waals surface area contributed by atoms with Crippen molar-refractivity contribution in [1.29, 1.82) is 0 Å². The summed E-state index contributed by atoms with van der Waals surface area (Å²) < 4.78 is 15.4. The van der Waals surface area contributed by atoms with E-state index >= 15 is 0 Å². The van der Waals surface area contributed by atoms with Gasteiger partial charge in [-0.15, -0.1) is 6.58 Å². The van der Waals surface area contributed by atoms with E-state index in [2.05, 4.69) is 6.58 Å². The fraction of sp³-hybridized carbons (Fsp3) is 0.278. The standard InChI is InChI=1S/C18H18ClNO6S/c1-4-6-20-17(22)14(27-18(20)23)9-11-7-12(19)16(13(8-11)24-3)26-10-15(21)25-5-2/h4,7-9H,1,5-6,10H2,2-3H3/b14-9+. The molecular weight excluding hydrogens is 394 g/mol. The van der Waals surface area contributed by atoms with Gasteiger partial charge >= 0.3 is 5.97 Å². The fourth-order valence-corrected chi connectivity index (χ4v) is 3.36. The van der Waals surface area contributed by atoms with Crippen molar-refractivity contribution in [2.75, 3.05) is 26.9 Å². The molecule has 0 atom stereocenters. The fourth-order valence-electron chi connectivity index (χ4n) is 2.23. The number of nitrogens with zero attached hydrogens (tertiary/aromatic N) is 1. The molecule has 1 saturated heterocycles. The van der Waals surface area contributed by atoms with E-state index in [9.17, 15) is 14.4 Å². The average molecular weight is 412 g/mol. The molecule has 0 N–H and O–H groups in total. The van der Waals surface area contributed by atoms with Crippen molar-refractivity contribution in [2.24, 2.45) is 0 Å². The number of halogens is 1. The minimum atomic E-state index is -0.532. The van der Waals surface area contributed by atoms with Crippen LogP contribution in [0, 0.1) is 0 Å². The van der Waals surface area contributed by atoms with Gasteiger partial charge in [0.05, 0.1) is 23.6 Å². The zero-order valence-corrected chi connectivity index (χ0v) is 16.4. The van der Waals surface area contributed by atoms with E-state index in [0.717, 1.165) is 16.7 Å². The predicted molar refractivity (Wildman–Crippen MR) is 103 cm³/mol. The van der Waals surface area contributed by atoms with E-state index in [1.165, 1.54) is 19.3 Å². The van der Waals surface area contributed by atoms with Gasteiger partial charge in [0.15, 0.2) is 18.1 Å². The highest BCUT2D eigenvalue weighted by molar-refractivity contribution is 8.18. The minimum absolute atomic E-state index is 0.146. The molecular formula is C18H18ClNO6S. The van der Waals surface area contributed by atoms with Crippen molar-refractivity contribution in [1.82, 2.24) is 4.90 Å². The Kier molecular flexibility index (Phi) is 7.32. The molecule has 1 heterocycles. The largest absolute Gasteiger partial charge is 0.493 e. The molecule has 1 aliphatic heterocycles. The second-order valence-electron chi connectivity index (χ2n) is 5.21. The maximum Gasteiger partial charge on any atom is 0.344 e. The first-order valence-corrected chi connectivity index (χ1v) is 9.12. The molecule has 1 aliphatic rings.